The smallest absolute Gasteiger partial charge is 0.323 e. The Bertz CT molecular complexity index is 1130. The van der Waals surface area contributed by atoms with Gasteiger partial charge in [0, 0.05) is 6.54 Å². The van der Waals surface area contributed by atoms with Crippen LogP contribution in [0, 0.1) is 18.6 Å². The van der Waals surface area contributed by atoms with Crippen molar-refractivity contribution in [1.82, 2.24) is 9.44 Å². The molecule has 8 nitrogen and oxygen atoms in total. The highest BCUT2D eigenvalue weighted by atomic mass is 32.2. The second-order valence-corrected chi connectivity index (χ2v) is 10.4. The molecule has 176 valence electrons. The van der Waals surface area contributed by atoms with E-state index in [1.807, 2.05) is 0 Å². The topological polar surface area (TPSA) is 119 Å². The first-order chi connectivity index (χ1) is 15.0. The molecule has 1 unspecified atom stereocenters. The summed E-state index contributed by atoms with van der Waals surface area (Å²) in [4.78, 5) is 10.9. The number of hydrogen-bond donors (Lipinski definition) is 2. The van der Waals surface area contributed by atoms with Crippen LogP contribution in [0.2, 0.25) is 0 Å². The van der Waals surface area contributed by atoms with Crippen LogP contribution in [0.3, 0.4) is 0 Å². The fourth-order valence-corrected chi connectivity index (χ4v) is 5.26. The number of hydrogen-bond acceptors (Lipinski definition) is 6. The average molecular weight is 491 g/mol. The fraction of sp³-hybridized carbons (Fsp3) is 0.350. The molecule has 32 heavy (non-hydrogen) atoms. The summed E-state index contributed by atoms with van der Waals surface area (Å²) in [6.45, 7) is 1.63. The van der Waals surface area contributed by atoms with Crippen LogP contribution in [0.5, 0.6) is 0 Å². The van der Waals surface area contributed by atoms with Crippen molar-refractivity contribution in [1.29, 1.82) is 0 Å². The highest BCUT2D eigenvalue weighted by Gasteiger charge is 2.27. The van der Waals surface area contributed by atoms with Gasteiger partial charge in [-0.3, -0.25) is 4.79 Å². The van der Waals surface area contributed by atoms with E-state index in [0.29, 0.717) is 0 Å². The third-order valence-corrected chi connectivity index (χ3v) is 7.51. The number of halogens is 2. The lowest BCUT2D eigenvalue weighted by Gasteiger charge is -2.17. The van der Waals surface area contributed by atoms with Crippen LogP contribution in [-0.2, 0) is 29.6 Å². The Balaban J connectivity index is 1.96. The number of unbranched alkanes of at least 4 members (excludes halogenated alkanes) is 1. The molecule has 0 radical (unpaired) electrons. The lowest BCUT2D eigenvalue weighted by Crippen LogP contribution is -2.41. The van der Waals surface area contributed by atoms with Crippen LogP contribution >= 0.6 is 0 Å². The lowest BCUT2D eigenvalue weighted by atomic mass is 10.1. The quantitative estimate of drug-likeness (QED) is 0.368. The third kappa shape index (κ3) is 6.79. The molecule has 2 aromatic carbocycles. The van der Waals surface area contributed by atoms with Gasteiger partial charge < -0.3 is 4.74 Å². The van der Waals surface area contributed by atoms with E-state index >= 15 is 0 Å². The minimum Gasteiger partial charge on any atom is -0.468 e. The highest BCUT2D eigenvalue weighted by molar-refractivity contribution is 7.89. The van der Waals surface area contributed by atoms with Gasteiger partial charge in [0.2, 0.25) is 20.0 Å². The van der Waals surface area contributed by atoms with Crippen molar-refractivity contribution in [3.63, 3.8) is 0 Å². The number of ether oxygens (including phenoxy) is 1. The number of aryl methyl sites for hydroxylation is 1. The molecule has 0 heterocycles. The number of carbonyl (C=O) groups is 1. The number of benzene rings is 2. The van der Waals surface area contributed by atoms with Crippen molar-refractivity contribution in [3.05, 3.63) is 59.7 Å². The van der Waals surface area contributed by atoms with Crippen molar-refractivity contribution >= 4 is 26.0 Å². The summed E-state index contributed by atoms with van der Waals surface area (Å²) in [6.07, 6.45) is 0.418. The fourth-order valence-electron chi connectivity index (χ4n) is 2.83. The zero-order chi connectivity index (χ0) is 23.9. The molecule has 2 rings (SSSR count). The van der Waals surface area contributed by atoms with E-state index in [2.05, 4.69) is 14.2 Å². The molecule has 0 aliphatic carbocycles. The van der Waals surface area contributed by atoms with E-state index < -0.39 is 48.6 Å². The third-order valence-electron chi connectivity index (χ3n) is 4.51. The Morgan fingerprint density at radius 2 is 1.56 bits per heavy atom. The van der Waals surface area contributed by atoms with E-state index in [0.717, 1.165) is 30.9 Å². The van der Waals surface area contributed by atoms with Gasteiger partial charge in [-0.05, 0) is 50.5 Å². The van der Waals surface area contributed by atoms with Crippen LogP contribution in [0.1, 0.15) is 24.8 Å². The van der Waals surface area contributed by atoms with Gasteiger partial charge >= 0.3 is 5.97 Å². The highest BCUT2D eigenvalue weighted by Crippen LogP contribution is 2.18. The number of rotatable bonds is 11. The maximum atomic E-state index is 13.7. The van der Waals surface area contributed by atoms with Gasteiger partial charge in [0.25, 0.3) is 0 Å². The Labute approximate surface area is 186 Å². The Hall–Kier alpha value is -2.41. The number of esters is 1. The first-order valence-electron chi connectivity index (χ1n) is 9.58. The number of nitrogens with one attached hydrogen (secondary N) is 2. The first-order valence-corrected chi connectivity index (χ1v) is 12.5. The molecular weight excluding hydrogens is 466 g/mol. The predicted molar refractivity (Wildman–Crippen MR) is 113 cm³/mol. The molecule has 0 aliphatic heterocycles. The summed E-state index contributed by atoms with van der Waals surface area (Å²) in [7, 11) is -7.29. The molecule has 12 heteroatoms. The summed E-state index contributed by atoms with van der Waals surface area (Å²) in [5, 5.41) is 0. The summed E-state index contributed by atoms with van der Waals surface area (Å²) >= 11 is 0. The summed E-state index contributed by atoms with van der Waals surface area (Å²) in [6, 6.07) is 7.57. The maximum Gasteiger partial charge on any atom is 0.323 e. The second-order valence-electron chi connectivity index (χ2n) is 6.95. The number of sulfonamides is 2. The molecule has 1 atom stereocenters. The average Bonchev–Trinajstić information content (AvgIpc) is 2.72. The number of carbonyl (C=O) groups excluding carboxylic acids is 1. The first kappa shape index (κ1) is 25.8. The van der Waals surface area contributed by atoms with Gasteiger partial charge in [-0.1, -0.05) is 23.8 Å². The van der Waals surface area contributed by atoms with Gasteiger partial charge in [0.1, 0.15) is 17.7 Å². The molecule has 0 aromatic heterocycles. The second kappa shape index (κ2) is 10.9. The standard InChI is InChI=1S/C20H24F2N2O6S2/c1-14-9-11-15(12-10-14)31(26,27)24-18(20(25)30-2)8-3-4-13-23-32(28,29)19-16(21)6-5-7-17(19)22/h5-7,9-12,18,23-24H,3-4,8,13H2,1-2H3. The zero-order valence-electron chi connectivity index (χ0n) is 17.5. The minimum absolute atomic E-state index is 0.0170. The van der Waals surface area contributed by atoms with E-state index in [9.17, 15) is 30.4 Å². The van der Waals surface area contributed by atoms with Crippen LogP contribution in [0.4, 0.5) is 8.78 Å². The molecule has 0 aliphatic rings. The van der Waals surface area contributed by atoms with Gasteiger partial charge in [-0.15, -0.1) is 0 Å². The largest absolute Gasteiger partial charge is 0.468 e. The summed E-state index contributed by atoms with van der Waals surface area (Å²) < 4.78 is 85.8. The van der Waals surface area contributed by atoms with Crippen LogP contribution in [0.25, 0.3) is 0 Å². The van der Waals surface area contributed by atoms with Gasteiger partial charge in [0.15, 0.2) is 4.90 Å². The van der Waals surface area contributed by atoms with Crippen molar-refractivity contribution < 1.29 is 35.1 Å². The zero-order valence-corrected chi connectivity index (χ0v) is 19.1. The summed E-state index contributed by atoms with van der Waals surface area (Å²) in [5.74, 6) is -3.22. The van der Waals surface area contributed by atoms with Crippen molar-refractivity contribution in [3.8, 4) is 0 Å². The van der Waals surface area contributed by atoms with E-state index in [1.165, 1.54) is 12.1 Å². The molecule has 0 fully saturated rings. The molecule has 0 amide bonds. The predicted octanol–water partition coefficient (Wildman–Crippen LogP) is 2.24. The van der Waals surface area contributed by atoms with Gasteiger partial charge in [-0.25, -0.2) is 30.3 Å². The van der Waals surface area contributed by atoms with E-state index in [4.69, 9.17) is 0 Å². The Kier molecular flexibility index (Phi) is 8.84. The van der Waals surface area contributed by atoms with E-state index in [-0.39, 0.29) is 30.7 Å². The molecule has 2 N–H and O–H groups in total. The van der Waals surface area contributed by atoms with Crippen molar-refractivity contribution in [2.24, 2.45) is 0 Å². The van der Waals surface area contributed by atoms with Gasteiger partial charge in [-0.2, -0.15) is 4.72 Å². The van der Waals surface area contributed by atoms with Crippen LogP contribution < -0.4 is 9.44 Å². The van der Waals surface area contributed by atoms with Crippen LogP contribution in [0.15, 0.2) is 52.3 Å². The SMILES string of the molecule is COC(=O)C(CCCCNS(=O)(=O)c1c(F)cccc1F)NS(=O)(=O)c1ccc(C)cc1. The minimum atomic E-state index is -4.41. The monoisotopic (exact) mass is 490 g/mol. The van der Waals surface area contributed by atoms with Gasteiger partial charge in [0.05, 0.1) is 12.0 Å². The van der Waals surface area contributed by atoms with E-state index in [1.54, 1.807) is 19.1 Å². The Morgan fingerprint density at radius 1 is 0.969 bits per heavy atom. The Morgan fingerprint density at radius 3 is 2.12 bits per heavy atom. The maximum absolute atomic E-state index is 13.7. The molecule has 0 saturated heterocycles. The molecule has 0 bridgehead atoms. The molecule has 0 saturated carbocycles. The number of methoxy groups -OCH3 is 1. The molecular formula is C20H24F2N2O6S2. The van der Waals surface area contributed by atoms with Crippen molar-refractivity contribution in [2.45, 2.75) is 42.0 Å². The summed E-state index contributed by atoms with van der Waals surface area (Å²) in [5.41, 5.74) is 0.867. The lowest BCUT2D eigenvalue weighted by molar-refractivity contribution is -0.142. The normalized spacial score (nSPS) is 13.0. The molecule has 2 aromatic rings. The van der Waals surface area contributed by atoms with Crippen LogP contribution in [-0.4, -0.2) is 42.5 Å². The van der Waals surface area contributed by atoms with Crippen molar-refractivity contribution in [2.75, 3.05) is 13.7 Å². The molecule has 0 spiro atoms.